The fourth-order valence-corrected chi connectivity index (χ4v) is 4.42. The maximum absolute atomic E-state index is 13.9. The van der Waals surface area contributed by atoms with E-state index in [-0.39, 0.29) is 11.4 Å². The standard InChI is InChI=1S/C26H25FN4O2/c1-17-6-8-19(9-7-17)24-25(31(16-29-24)15-18-4-2-3-5-18)22-10-11-23(33-22)26(32)30-21-12-13-28-14-20(21)27/h6-14,16,18H,2-5,15H2,1H3,(H,28,30,32). The van der Waals surface area contributed by atoms with Gasteiger partial charge in [0.1, 0.15) is 5.69 Å². The molecule has 6 nitrogen and oxygen atoms in total. The summed E-state index contributed by atoms with van der Waals surface area (Å²) in [6, 6.07) is 13.0. The average Bonchev–Trinajstić information content (AvgIpc) is 3.57. The minimum absolute atomic E-state index is 0.0552. The van der Waals surface area contributed by atoms with Gasteiger partial charge in [0.25, 0.3) is 5.91 Å². The first-order valence-electron chi connectivity index (χ1n) is 11.2. The Balaban J connectivity index is 1.49. The van der Waals surface area contributed by atoms with Gasteiger partial charge in [0.05, 0.1) is 23.9 Å². The minimum Gasteiger partial charge on any atom is -0.449 e. The zero-order valence-corrected chi connectivity index (χ0v) is 18.4. The van der Waals surface area contributed by atoms with Crippen LogP contribution in [-0.2, 0) is 6.54 Å². The van der Waals surface area contributed by atoms with Gasteiger partial charge < -0.3 is 14.3 Å². The Morgan fingerprint density at radius 3 is 2.70 bits per heavy atom. The molecular formula is C26H25FN4O2. The van der Waals surface area contributed by atoms with E-state index in [1.165, 1.54) is 43.5 Å². The number of aryl methyl sites for hydroxylation is 1. The number of nitrogens with zero attached hydrogens (tertiary/aromatic N) is 3. The van der Waals surface area contributed by atoms with Crippen molar-refractivity contribution in [1.29, 1.82) is 0 Å². The molecule has 1 aliphatic rings. The molecule has 1 aliphatic carbocycles. The first-order valence-corrected chi connectivity index (χ1v) is 11.2. The van der Waals surface area contributed by atoms with Gasteiger partial charge in [0.15, 0.2) is 17.3 Å². The van der Waals surface area contributed by atoms with Gasteiger partial charge in [0.2, 0.25) is 0 Å². The first-order chi connectivity index (χ1) is 16.1. The summed E-state index contributed by atoms with van der Waals surface area (Å²) in [6.07, 6.45) is 9.27. The normalized spacial score (nSPS) is 14.0. The molecule has 0 aliphatic heterocycles. The number of amides is 1. The molecule has 3 heterocycles. The van der Waals surface area contributed by atoms with Crippen LogP contribution >= 0.6 is 0 Å². The summed E-state index contributed by atoms with van der Waals surface area (Å²) in [5.74, 6) is 0.140. The van der Waals surface area contributed by atoms with Crippen LogP contribution in [0.5, 0.6) is 0 Å². The smallest absolute Gasteiger partial charge is 0.291 e. The van der Waals surface area contributed by atoms with Crippen molar-refractivity contribution in [2.75, 3.05) is 5.32 Å². The maximum atomic E-state index is 13.9. The minimum atomic E-state index is -0.603. The molecule has 0 atom stereocenters. The van der Waals surface area contributed by atoms with Crippen molar-refractivity contribution in [3.05, 3.63) is 78.3 Å². The molecule has 5 rings (SSSR count). The highest BCUT2D eigenvalue weighted by molar-refractivity contribution is 6.02. The van der Waals surface area contributed by atoms with Crippen molar-refractivity contribution in [2.24, 2.45) is 5.92 Å². The van der Waals surface area contributed by atoms with Crippen LogP contribution in [0.2, 0.25) is 0 Å². The van der Waals surface area contributed by atoms with Gasteiger partial charge >= 0.3 is 0 Å². The highest BCUT2D eigenvalue weighted by Gasteiger charge is 2.23. The van der Waals surface area contributed by atoms with Gasteiger partial charge in [-0.05, 0) is 43.9 Å². The fraction of sp³-hybridized carbons (Fsp3) is 0.269. The highest BCUT2D eigenvalue weighted by Crippen LogP contribution is 2.35. The number of carbonyl (C=O) groups is 1. The molecule has 1 fully saturated rings. The van der Waals surface area contributed by atoms with E-state index in [0.29, 0.717) is 11.7 Å². The summed E-state index contributed by atoms with van der Waals surface area (Å²) < 4.78 is 22.0. The average molecular weight is 445 g/mol. The Hall–Kier alpha value is -3.74. The van der Waals surface area contributed by atoms with Crippen molar-refractivity contribution in [3.63, 3.8) is 0 Å². The summed E-state index contributed by atoms with van der Waals surface area (Å²) >= 11 is 0. The first kappa shape index (κ1) is 21.1. The van der Waals surface area contributed by atoms with Crippen LogP contribution in [0.4, 0.5) is 10.1 Å². The van der Waals surface area contributed by atoms with Crippen molar-refractivity contribution in [1.82, 2.24) is 14.5 Å². The van der Waals surface area contributed by atoms with Crippen molar-refractivity contribution < 1.29 is 13.6 Å². The van der Waals surface area contributed by atoms with Gasteiger partial charge in [-0.3, -0.25) is 9.78 Å². The van der Waals surface area contributed by atoms with E-state index in [4.69, 9.17) is 9.40 Å². The van der Waals surface area contributed by atoms with Crippen molar-refractivity contribution >= 4 is 11.6 Å². The zero-order chi connectivity index (χ0) is 22.8. The molecule has 0 radical (unpaired) electrons. The Morgan fingerprint density at radius 2 is 1.94 bits per heavy atom. The van der Waals surface area contributed by atoms with E-state index < -0.39 is 11.7 Å². The van der Waals surface area contributed by atoms with Crippen LogP contribution in [0, 0.1) is 18.7 Å². The predicted molar refractivity (Wildman–Crippen MR) is 124 cm³/mol. The van der Waals surface area contributed by atoms with E-state index in [9.17, 15) is 9.18 Å². The monoisotopic (exact) mass is 444 g/mol. The summed E-state index contributed by atoms with van der Waals surface area (Å²) in [7, 11) is 0. The summed E-state index contributed by atoms with van der Waals surface area (Å²) in [5, 5.41) is 2.54. The molecule has 168 valence electrons. The number of carbonyl (C=O) groups excluding carboxylic acids is 1. The van der Waals surface area contributed by atoms with Crippen LogP contribution in [0.15, 0.2) is 65.6 Å². The topological polar surface area (TPSA) is 73.0 Å². The largest absolute Gasteiger partial charge is 0.449 e. The van der Waals surface area contributed by atoms with Crippen molar-refractivity contribution in [2.45, 2.75) is 39.2 Å². The van der Waals surface area contributed by atoms with E-state index >= 15 is 0 Å². The second-order valence-electron chi connectivity index (χ2n) is 8.58. The van der Waals surface area contributed by atoms with E-state index in [2.05, 4.69) is 27.0 Å². The molecule has 0 saturated heterocycles. The van der Waals surface area contributed by atoms with Gasteiger partial charge in [0, 0.05) is 18.3 Å². The second-order valence-corrected chi connectivity index (χ2v) is 8.58. The molecular weight excluding hydrogens is 419 g/mol. The van der Waals surface area contributed by atoms with Crippen molar-refractivity contribution in [3.8, 4) is 22.7 Å². The van der Waals surface area contributed by atoms with Gasteiger partial charge in [-0.1, -0.05) is 42.7 Å². The van der Waals surface area contributed by atoms with Gasteiger partial charge in [-0.2, -0.15) is 0 Å². The maximum Gasteiger partial charge on any atom is 0.291 e. The number of pyridine rings is 1. The number of rotatable bonds is 6. The number of imidazole rings is 1. The Kier molecular flexibility index (Phi) is 5.77. The van der Waals surface area contributed by atoms with Crippen LogP contribution in [0.3, 0.4) is 0 Å². The third kappa shape index (κ3) is 4.44. The number of nitrogens with one attached hydrogen (secondary N) is 1. The van der Waals surface area contributed by atoms with Gasteiger partial charge in [-0.25, -0.2) is 9.37 Å². The molecule has 1 saturated carbocycles. The number of aromatic nitrogens is 3. The van der Waals surface area contributed by atoms with Crippen LogP contribution in [0.25, 0.3) is 22.7 Å². The Labute approximate surface area is 191 Å². The molecule has 3 aromatic heterocycles. The lowest BCUT2D eigenvalue weighted by atomic mass is 10.1. The number of benzene rings is 1. The molecule has 1 N–H and O–H groups in total. The van der Waals surface area contributed by atoms with E-state index in [1.54, 1.807) is 12.1 Å². The molecule has 0 unspecified atom stereocenters. The number of furan rings is 1. The number of halogens is 1. The van der Waals surface area contributed by atoms with E-state index in [0.717, 1.165) is 29.7 Å². The quantitative estimate of drug-likeness (QED) is 0.390. The SMILES string of the molecule is Cc1ccc(-c2ncn(CC3CCCC3)c2-c2ccc(C(=O)Nc3ccncc3F)o2)cc1. The molecule has 33 heavy (non-hydrogen) atoms. The number of anilines is 1. The summed E-state index contributed by atoms with van der Waals surface area (Å²) in [4.78, 5) is 21.1. The van der Waals surface area contributed by atoms with Crippen LogP contribution in [0.1, 0.15) is 41.8 Å². The summed E-state index contributed by atoms with van der Waals surface area (Å²) in [6.45, 7) is 2.91. The predicted octanol–water partition coefficient (Wildman–Crippen LogP) is 6.10. The molecule has 0 spiro atoms. The molecule has 7 heteroatoms. The Morgan fingerprint density at radius 1 is 1.15 bits per heavy atom. The third-order valence-corrected chi connectivity index (χ3v) is 6.18. The molecule has 1 aromatic carbocycles. The molecule has 0 bridgehead atoms. The molecule has 4 aromatic rings. The zero-order valence-electron chi connectivity index (χ0n) is 18.4. The fourth-order valence-electron chi connectivity index (χ4n) is 4.42. The highest BCUT2D eigenvalue weighted by atomic mass is 19.1. The lowest BCUT2D eigenvalue weighted by molar-refractivity contribution is 0.0997. The third-order valence-electron chi connectivity index (χ3n) is 6.18. The Bertz CT molecular complexity index is 1270. The van der Waals surface area contributed by atoms with E-state index in [1.807, 2.05) is 25.4 Å². The number of hydrogen-bond donors (Lipinski definition) is 1. The summed E-state index contributed by atoms with van der Waals surface area (Å²) in [5.41, 5.74) is 3.88. The molecule has 1 amide bonds. The van der Waals surface area contributed by atoms with Crippen LogP contribution in [-0.4, -0.2) is 20.4 Å². The van der Waals surface area contributed by atoms with Crippen LogP contribution < -0.4 is 5.32 Å². The lowest BCUT2D eigenvalue weighted by Gasteiger charge is -2.13. The lowest BCUT2D eigenvalue weighted by Crippen LogP contribution is -2.12. The van der Waals surface area contributed by atoms with Gasteiger partial charge in [-0.15, -0.1) is 0 Å². The number of hydrogen-bond acceptors (Lipinski definition) is 4. The second kappa shape index (κ2) is 9.02.